The molecule has 0 N–H and O–H groups in total. The van der Waals surface area contributed by atoms with E-state index in [4.69, 9.17) is 14.2 Å². The zero-order chi connectivity index (χ0) is 22.8. The predicted octanol–water partition coefficient (Wildman–Crippen LogP) is 6.76. The number of carbonyl (C=O) groups is 1. The molecule has 0 heterocycles. The Balaban J connectivity index is 1.39. The molecule has 0 saturated heterocycles. The highest BCUT2D eigenvalue weighted by Crippen LogP contribution is 2.29. The van der Waals surface area contributed by atoms with Gasteiger partial charge in [-0.2, -0.15) is 0 Å². The second-order valence-electron chi connectivity index (χ2n) is 8.48. The van der Waals surface area contributed by atoms with Crippen molar-refractivity contribution in [2.45, 2.75) is 71.1 Å². The van der Waals surface area contributed by atoms with Crippen LogP contribution in [0.15, 0.2) is 48.5 Å². The molecule has 0 amide bonds. The molecule has 3 rings (SSSR count). The molecule has 1 atom stereocenters. The molecule has 5 heteroatoms. The Morgan fingerprint density at radius 2 is 1.47 bits per heavy atom. The Hall–Kier alpha value is -2.56. The van der Waals surface area contributed by atoms with E-state index in [0.29, 0.717) is 25.6 Å². The molecule has 4 nitrogen and oxygen atoms in total. The molecule has 0 aliphatic heterocycles. The second-order valence-corrected chi connectivity index (χ2v) is 8.48. The maximum atomic E-state index is 13.8. The average Bonchev–Trinajstić information content (AvgIpc) is 2.83. The number of benzene rings is 2. The number of carbonyl (C=O) groups excluding carboxylic acids is 1. The smallest absolute Gasteiger partial charge is 0.340 e. The highest BCUT2D eigenvalue weighted by Gasteiger charge is 2.27. The first-order valence-electron chi connectivity index (χ1n) is 11.9. The van der Waals surface area contributed by atoms with E-state index in [-0.39, 0.29) is 12.5 Å². The quantitative estimate of drug-likeness (QED) is 0.361. The minimum atomic E-state index is -1.48. The Labute approximate surface area is 191 Å². The zero-order valence-electron chi connectivity index (χ0n) is 19.2. The van der Waals surface area contributed by atoms with Gasteiger partial charge in [0, 0.05) is 0 Å². The van der Waals surface area contributed by atoms with Crippen molar-refractivity contribution in [3.63, 3.8) is 0 Å². The van der Waals surface area contributed by atoms with Gasteiger partial charge in [-0.1, -0.05) is 44.0 Å². The summed E-state index contributed by atoms with van der Waals surface area (Å²) in [6, 6.07) is 16.2. The van der Waals surface area contributed by atoms with Crippen molar-refractivity contribution in [2.24, 2.45) is 5.92 Å². The molecular formula is C27H35FO4. The van der Waals surface area contributed by atoms with Crippen LogP contribution in [0.25, 0.3) is 11.1 Å². The third kappa shape index (κ3) is 7.25. The average molecular weight is 443 g/mol. The van der Waals surface area contributed by atoms with E-state index in [1.807, 2.05) is 38.1 Å². The van der Waals surface area contributed by atoms with Crippen LogP contribution in [-0.4, -0.2) is 31.5 Å². The summed E-state index contributed by atoms with van der Waals surface area (Å²) in [5, 5.41) is 0. The second kappa shape index (κ2) is 12.5. The molecule has 1 fully saturated rings. The van der Waals surface area contributed by atoms with Crippen molar-refractivity contribution >= 4 is 5.97 Å². The maximum Gasteiger partial charge on any atom is 0.340 e. The minimum Gasteiger partial charge on any atom is -0.494 e. The van der Waals surface area contributed by atoms with E-state index in [1.165, 1.54) is 0 Å². The molecule has 0 aromatic heterocycles. The lowest BCUT2D eigenvalue weighted by Crippen LogP contribution is -2.30. The van der Waals surface area contributed by atoms with Gasteiger partial charge in [0.05, 0.1) is 13.2 Å². The normalized spacial score (nSPS) is 19.2. The van der Waals surface area contributed by atoms with Crippen LogP contribution in [0.4, 0.5) is 4.39 Å². The van der Waals surface area contributed by atoms with Crippen LogP contribution in [-0.2, 0) is 9.53 Å². The van der Waals surface area contributed by atoms with Crippen LogP contribution in [0.5, 0.6) is 11.5 Å². The molecule has 174 valence electrons. The van der Waals surface area contributed by atoms with Gasteiger partial charge in [-0.05, 0) is 80.3 Å². The van der Waals surface area contributed by atoms with Crippen LogP contribution in [0.3, 0.4) is 0 Å². The largest absolute Gasteiger partial charge is 0.494 e. The van der Waals surface area contributed by atoms with Gasteiger partial charge >= 0.3 is 5.97 Å². The lowest BCUT2D eigenvalue weighted by Gasteiger charge is -2.28. The standard InChI is InChI=1S/C27H35FO4/c1-3-5-6-26(28)27(29)32-25-13-7-20(8-14-25)19-31-24-17-11-22(12-18-24)21-9-15-23(16-10-21)30-4-2/h9-12,15-18,20,25-26H,3-8,13-14,19H2,1-2H3/t20?,25?,26-/m0/s1. The van der Waals surface area contributed by atoms with Crippen LogP contribution in [0, 0.1) is 5.92 Å². The van der Waals surface area contributed by atoms with E-state index in [2.05, 4.69) is 24.3 Å². The number of hydrogen-bond donors (Lipinski definition) is 0. The fourth-order valence-electron chi connectivity index (χ4n) is 4.02. The molecule has 0 bridgehead atoms. The summed E-state index contributed by atoms with van der Waals surface area (Å²) >= 11 is 0. The van der Waals surface area contributed by atoms with Gasteiger partial charge in [0.25, 0.3) is 0 Å². The molecule has 0 spiro atoms. The van der Waals surface area contributed by atoms with E-state index in [1.54, 1.807) is 0 Å². The fraction of sp³-hybridized carbons (Fsp3) is 0.519. The molecule has 2 aromatic carbocycles. The van der Waals surface area contributed by atoms with Crippen molar-refractivity contribution in [1.29, 1.82) is 0 Å². The molecule has 1 aliphatic rings. The highest BCUT2D eigenvalue weighted by atomic mass is 19.1. The molecule has 0 radical (unpaired) electrons. The van der Waals surface area contributed by atoms with Crippen molar-refractivity contribution in [1.82, 2.24) is 0 Å². The molecular weight excluding hydrogens is 407 g/mol. The Morgan fingerprint density at radius 1 is 0.906 bits per heavy atom. The molecule has 0 unspecified atom stereocenters. The summed E-state index contributed by atoms with van der Waals surface area (Å²) in [6.07, 6.45) is 3.60. The number of unbranched alkanes of at least 4 members (excludes halogenated alkanes) is 1. The third-order valence-electron chi connectivity index (χ3n) is 5.98. The number of rotatable bonds is 11. The first-order chi connectivity index (χ1) is 15.6. The fourth-order valence-corrected chi connectivity index (χ4v) is 4.02. The third-order valence-corrected chi connectivity index (χ3v) is 5.98. The van der Waals surface area contributed by atoms with Gasteiger partial charge in [-0.3, -0.25) is 0 Å². The summed E-state index contributed by atoms with van der Waals surface area (Å²) in [4.78, 5) is 11.9. The van der Waals surface area contributed by atoms with E-state index >= 15 is 0 Å². The van der Waals surface area contributed by atoms with Gasteiger partial charge < -0.3 is 14.2 Å². The zero-order valence-corrected chi connectivity index (χ0v) is 19.2. The van der Waals surface area contributed by atoms with Gasteiger partial charge in [-0.25, -0.2) is 9.18 Å². The summed E-state index contributed by atoms with van der Waals surface area (Å²) in [7, 11) is 0. The Bertz CT molecular complexity index is 811. The summed E-state index contributed by atoms with van der Waals surface area (Å²) in [5.41, 5.74) is 2.27. The molecule has 1 aliphatic carbocycles. The van der Waals surface area contributed by atoms with Crippen molar-refractivity contribution < 1.29 is 23.4 Å². The molecule has 32 heavy (non-hydrogen) atoms. The van der Waals surface area contributed by atoms with Crippen LogP contribution in [0.2, 0.25) is 0 Å². The van der Waals surface area contributed by atoms with E-state index < -0.39 is 12.1 Å². The molecule has 1 saturated carbocycles. The van der Waals surface area contributed by atoms with Gasteiger partial charge in [0.15, 0.2) is 6.17 Å². The van der Waals surface area contributed by atoms with Crippen molar-refractivity contribution in [2.75, 3.05) is 13.2 Å². The lowest BCUT2D eigenvalue weighted by molar-refractivity contribution is -0.157. The lowest BCUT2D eigenvalue weighted by atomic mass is 9.88. The predicted molar refractivity (Wildman–Crippen MR) is 125 cm³/mol. The summed E-state index contributed by atoms with van der Waals surface area (Å²) in [6.45, 7) is 5.27. The van der Waals surface area contributed by atoms with E-state index in [0.717, 1.165) is 54.7 Å². The highest BCUT2D eigenvalue weighted by molar-refractivity contribution is 5.74. The Kier molecular flexibility index (Phi) is 9.39. The number of hydrogen-bond acceptors (Lipinski definition) is 4. The number of halogens is 1. The van der Waals surface area contributed by atoms with Gasteiger partial charge in [0.1, 0.15) is 17.6 Å². The SMILES string of the molecule is CCCC[C@H](F)C(=O)OC1CCC(COc2ccc(-c3ccc(OCC)cc3)cc2)CC1. The number of esters is 1. The van der Waals surface area contributed by atoms with Crippen LogP contribution in [0.1, 0.15) is 58.8 Å². The van der Waals surface area contributed by atoms with E-state index in [9.17, 15) is 9.18 Å². The van der Waals surface area contributed by atoms with Crippen molar-refractivity contribution in [3.05, 3.63) is 48.5 Å². The topological polar surface area (TPSA) is 44.8 Å². The number of ether oxygens (including phenoxy) is 3. The Morgan fingerprint density at radius 3 is 2.00 bits per heavy atom. The summed E-state index contributed by atoms with van der Waals surface area (Å²) in [5.74, 6) is 1.47. The van der Waals surface area contributed by atoms with Crippen molar-refractivity contribution in [3.8, 4) is 22.6 Å². The number of alkyl halides is 1. The first kappa shape index (κ1) is 24.1. The monoisotopic (exact) mass is 442 g/mol. The minimum absolute atomic E-state index is 0.160. The summed E-state index contributed by atoms with van der Waals surface area (Å²) < 4.78 is 30.7. The van der Waals surface area contributed by atoms with Gasteiger partial charge in [-0.15, -0.1) is 0 Å². The first-order valence-corrected chi connectivity index (χ1v) is 11.9. The van der Waals surface area contributed by atoms with Crippen LogP contribution >= 0.6 is 0 Å². The molecule has 2 aromatic rings. The van der Waals surface area contributed by atoms with Gasteiger partial charge in [0.2, 0.25) is 0 Å². The maximum absolute atomic E-state index is 13.8. The van der Waals surface area contributed by atoms with Crippen LogP contribution < -0.4 is 9.47 Å².